The Morgan fingerprint density at radius 1 is 1.00 bits per heavy atom. The highest BCUT2D eigenvalue weighted by Crippen LogP contribution is 2.37. The minimum Gasteiger partial charge on any atom is -0.455 e. The lowest BCUT2D eigenvalue weighted by atomic mass is 9.93. The molecule has 3 aromatic rings. The van der Waals surface area contributed by atoms with Crippen molar-refractivity contribution in [2.24, 2.45) is 0 Å². The zero-order chi connectivity index (χ0) is 20.0. The first kappa shape index (κ1) is 18.3. The summed E-state index contributed by atoms with van der Waals surface area (Å²) < 4.78 is 6.28. The largest absolute Gasteiger partial charge is 0.455 e. The predicted molar refractivity (Wildman–Crippen MR) is 123 cm³/mol. The van der Waals surface area contributed by atoms with Gasteiger partial charge in [-0.3, -0.25) is 0 Å². The van der Waals surface area contributed by atoms with Crippen molar-refractivity contribution in [2.75, 3.05) is 0 Å². The van der Waals surface area contributed by atoms with E-state index >= 15 is 0 Å². The normalized spacial score (nSPS) is 17.4. The Bertz CT molecular complexity index is 1340. The molecule has 0 spiro atoms. The van der Waals surface area contributed by atoms with Crippen molar-refractivity contribution in [3.8, 4) is 0 Å². The van der Waals surface area contributed by atoms with Gasteiger partial charge in [0.1, 0.15) is 11.2 Å². The maximum atomic E-state index is 6.28. The molecule has 0 unspecified atom stereocenters. The summed E-state index contributed by atoms with van der Waals surface area (Å²) in [5, 5.41) is 4.44. The SMILES string of the molecule is C=C1C(C)=C(/C=C\C)C/C1=c1\c(/C=C\C)c(C)c2c(oc3ccccc32)c1=C. The first-order valence-electron chi connectivity index (χ1n) is 9.80. The lowest BCUT2D eigenvalue weighted by Gasteiger charge is -2.10. The number of para-hydroxylation sites is 1. The zero-order valence-corrected chi connectivity index (χ0v) is 17.1. The van der Waals surface area contributed by atoms with Gasteiger partial charge in [-0.15, -0.1) is 0 Å². The van der Waals surface area contributed by atoms with Gasteiger partial charge in [-0.2, -0.15) is 0 Å². The van der Waals surface area contributed by atoms with Crippen molar-refractivity contribution >= 4 is 40.2 Å². The minimum absolute atomic E-state index is 0.882. The first-order chi connectivity index (χ1) is 13.5. The Balaban J connectivity index is 2.21. The van der Waals surface area contributed by atoms with E-state index < -0.39 is 0 Å². The van der Waals surface area contributed by atoms with Crippen LogP contribution in [-0.4, -0.2) is 0 Å². The highest BCUT2D eigenvalue weighted by Gasteiger charge is 2.22. The summed E-state index contributed by atoms with van der Waals surface area (Å²) in [4.78, 5) is 0. The second-order valence-electron chi connectivity index (χ2n) is 7.48. The molecule has 1 heterocycles. The Hall–Kier alpha value is -3.06. The van der Waals surface area contributed by atoms with E-state index in [1.54, 1.807) is 0 Å². The van der Waals surface area contributed by atoms with Gasteiger partial charge >= 0.3 is 0 Å². The number of allylic oxidation sites excluding steroid dienone is 6. The summed E-state index contributed by atoms with van der Waals surface area (Å²) in [5.41, 5.74) is 9.22. The maximum absolute atomic E-state index is 6.28. The number of aryl methyl sites for hydroxylation is 1. The van der Waals surface area contributed by atoms with Gasteiger partial charge in [0.05, 0.1) is 0 Å². The quantitative estimate of drug-likeness (QED) is 0.516. The number of benzene rings is 2. The van der Waals surface area contributed by atoms with Crippen molar-refractivity contribution < 1.29 is 4.42 Å². The van der Waals surface area contributed by atoms with Crippen LogP contribution in [0.5, 0.6) is 0 Å². The van der Waals surface area contributed by atoms with Gasteiger partial charge in [-0.1, -0.05) is 55.7 Å². The monoisotopic (exact) mass is 366 g/mol. The standard InChI is InChI=1S/C27H26O/c1-7-11-20-15-23(17(4)16(20)3)25-19(6)27-26(18(5)21(25)12-8-2)22-13-9-10-14-24(22)28-27/h7-14H,4,6,15H2,1-3,5H3/b11-7-,12-8-,25-23+. The molecule has 1 aliphatic carbocycles. The van der Waals surface area contributed by atoms with E-state index in [2.05, 4.69) is 77.3 Å². The fourth-order valence-electron chi connectivity index (χ4n) is 4.42. The Morgan fingerprint density at radius 2 is 1.71 bits per heavy atom. The third-order valence-electron chi connectivity index (χ3n) is 5.89. The Morgan fingerprint density at radius 3 is 2.43 bits per heavy atom. The summed E-state index contributed by atoms with van der Waals surface area (Å²) >= 11 is 0. The molecule has 4 rings (SSSR count). The van der Waals surface area contributed by atoms with Crippen molar-refractivity contribution in [3.05, 3.63) is 87.4 Å². The summed E-state index contributed by atoms with van der Waals surface area (Å²) in [6.45, 7) is 17.4. The number of hydrogen-bond donors (Lipinski definition) is 0. The van der Waals surface area contributed by atoms with Crippen LogP contribution in [0.15, 0.2) is 70.2 Å². The van der Waals surface area contributed by atoms with Gasteiger partial charge < -0.3 is 4.42 Å². The van der Waals surface area contributed by atoms with Gasteiger partial charge in [-0.05, 0) is 78.8 Å². The molecule has 0 aliphatic heterocycles. The molecular weight excluding hydrogens is 340 g/mol. The van der Waals surface area contributed by atoms with Crippen molar-refractivity contribution in [1.82, 2.24) is 0 Å². The van der Waals surface area contributed by atoms with Crippen LogP contribution in [0.25, 0.3) is 40.2 Å². The zero-order valence-electron chi connectivity index (χ0n) is 17.1. The smallest absolute Gasteiger partial charge is 0.142 e. The van der Waals surface area contributed by atoms with Gasteiger partial charge in [0.25, 0.3) is 0 Å². The third-order valence-corrected chi connectivity index (χ3v) is 5.89. The van der Waals surface area contributed by atoms with E-state index in [-0.39, 0.29) is 0 Å². The van der Waals surface area contributed by atoms with Gasteiger partial charge in [-0.25, -0.2) is 0 Å². The molecule has 1 aliphatic rings. The number of hydrogen-bond acceptors (Lipinski definition) is 1. The lowest BCUT2D eigenvalue weighted by molar-refractivity contribution is 0.665. The summed E-state index contributed by atoms with van der Waals surface area (Å²) in [5.74, 6) is 0. The fourth-order valence-corrected chi connectivity index (χ4v) is 4.42. The summed E-state index contributed by atoms with van der Waals surface area (Å²) in [7, 11) is 0. The molecule has 140 valence electrons. The van der Waals surface area contributed by atoms with E-state index in [4.69, 9.17) is 4.42 Å². The van der Waals surface area contributed by atoms with Gasteiger partial charge in [0.2, 0.25) is 0 Å². The van der Waals surface area contributed by atoms with Crippen molar-refractivity contribution in [2.45, 2.75) is 34.1 Å². The fraction of sp³-hybridized carbons (Fsp3) is 0.185. The van der Waals surface area contributed by atoms with Crippen LogP contribution in [-0.2, 0) is 0 Å². The highest BCUT2D eigenvalue weighted by atomic mass is 16.3. The van der Waals surface area contributed by atoms with Gasteiger partial charge in [0, 0.05) is 16.0 Å². The van der Waals surface area contributed by atoms with E-state index in [0.29, 0.717) is 0 Å². The molecule has 1 nitrogen and oxygen atoms in total. The lowest BCUT2D eigenvalue weighted by Crippen LogP contribution is -2.30. The van der Waals surface area contributed by atoms with E-state index in [1.165, 1.54) is 38.5 Å². The molecule has 0 atom stereocenters. The van der Waals surface area contributed by atoms with Crippen molar-refractivity contribution in [3.63, 3.8) is 0 Å². The molecule has 0 N–H and O–H groups in total. The average molecular weight is 367 g/mol. The average Bonchev–Trinajstić information content (AvgIpc) is 3.20. The predicted octanol–water partition coefficient (Wildman–Crippen LogP) is 6.34. The van der Waals surface area contributed by atoms with Crippen LogP contribution >= 0.6 is 0 Å². The number of furan rings is 1. The van der Waals surface area contributed by atoms with Crippen molar-refractivity contribution in [1.29, 1.82) is 0 Å². The van der Waals surface area contributed by atoms with E-state index in [1.807, 2.05) is 12.1 Å². The molecule has 0 saturated carbocycles. The van der Waals surface area contributed by atoms with E-state index in [0.717, 1.165) is 33.8 Å². The molecule has 28 heavy (non-hydrogen) atoms. The Kier molecular flexibility index (Phi) is 4.47. The number of fused-ring (bicyclic) bond motifs is 3. The topological polar surface area (TPSA) is 13.1 Å². The van der Waals surface area contributed by atoms with Crippen LogP contribution in [0.3, 0.4) is 0 Å². The molecule has 0 fully saturated rings. The molecule has 0 amide bonds. The maximum Gasteiger partial charge on any atom is 0.142 e. The molecule has 0 bridgehead atoms. The molecule has 1 aromatic heterocycles. The second-order valence-corrected chi connectivity index (χ2v) is 7.48. The van der Waals surface area contributed by atoms with Crippen LogP contribution in [0.2, 0.25) is 0 Å². The van der Waals surface area contributed by atoms with Crippen LogP contribution < -0.4 is 10.4 Å². The Labute approximate surface area is 166 Å². The van der Waals surface area contributed by atoms with Crippen LogP contribution in [0.4, 0.5) is 0 Å². The molecule has 2 aromatic carbocycles. The van der Waals surface area contributed by atoms with E-state index in [9.17, 15) is 0 Å². The first-order valence-corrected chi connectivity index (χ1v) is 9.80. The third kappa shape index (κ3) is 2.54. The second kappa shape index (κ2) is 6.83. The molecule has 0 saturated heterocycles. The van der Waals surface area contributed by atoms with Crippen LogP contribution in [0, 0.1) is 6.92 Å². The highest BCUT2D eigenvalue weighted by molar-refractivity contribution is 6.08. The molecule has 0 radical (unpaired) electrons. The number of rotatable bonds is 2. The van der Waals surface area contributed by atoms with Crippen LogP contribution in [0.1, 0.15) is 38.3 Å². The molecular formula is C27H26O. The summed E-state index contributed by atoms with van der Waals surface area (Å²) in [6, 6.07) is 8.23. The molecule has 1 heteroatoms. The summed E-state index contributed by atoms with van der Waals surface area (Å²) in [6.07, 6.45) is 9.47. The van der Waals surface area contributed by atoms with Gasteiger partial charge in [0.15, 0.2) is 0 Å². The minimum atomic E-state index is 0.882.